The molecule has 0 amide bonds. The van der Waals surface area contributed by atoms with E-state index in [1.807, 2.05) is 0 Å². The van der Waals surface area contributed by atoms with Gasteiger partial charge in [0.2, 0.25) is 0 Å². The molecule has 0 bridgehead atoms. The van der Waals surface area contributed by atoms with Crippen LogP contribution in [0.5, 0.6) is 0 Å². The average molecular weight is 416 g/mol. The summed E-state index contributed by atoms with van der Waals surface area (Å²) in [6, 6.07) is 9.61. The third-order valence-corrected chi connectivity index (χ3v) is 6.21. The summed E-state index contributed by atoms with van der Waals surface area (Å²) in [5.74, 6) is 0. The van der Waals surface area contributed by atoms with Gasteiger partial charge in [0, 0.05) is 11.9 Å². The Hall–Kier alpha value is -1.81. The third kappa shape index (κ3) is 4.06. The number of rotatable bonds is 5. The number of nitrogens with zero attached hydrogens (tertiary/aromatic N) is 4. The topological polar surface area (TPSA) is 89.8 Å². The molecule has 1 aromatic carbocycles. The predicted molar refractivity (Wildman–Crippen MR) is 96.6 cm³/mol. The number of benzene rings is 1. The lowest BCUT2D eigenvalue weighted by atomic mass is 10.3. The Morgan fingerprint density at radius 1 is 1.16 bits per heavy atom. The maximum Gasteiger partial charge on any atom is 0.265 e. The monoisotopic (exact) mass is 415 g/mol. The molecule has 7 nitrogen and oxygen atoms in total. The normalized spacial score (nSPS) is 11.5. The fourth-order valence-electron chi connectivity index (χ4n) is 1.90. The molecular weight excluding hydrogens is 405 g/mol. The van der Waals surface area contributed by atoms with Crippen molar-refractivity contribution in [3.05, 3.63) is 53.0 Å². The molecule has 0 aliphatic heterocycles. The van der Waals surface area contributed by atoms with Crippen LogP contribution in [0.15, 0.2) is 57.7 Å². The summed E-state index contributed by atoms with van der Waals surface area (Å²) in [6.07, 6.45) is 1.56. The van der Waals surface area contributed by atoms with E-state index in [1.165, 1.54) is 23.9 Å². The second-order valence-corrected chi connectivity index (χ2v) is 8.26. The number of anilines is 1. The third-order valence-electron chi connectivity index (χ3n) is 3.07. The molecule has 3 rings (SSSR count). The first kappa shape index (κ1) is 18.0. The van der Waals surface area contributed by atoms with Gasteiger partial charge >= 0.3 is 0 Å². The Labute approximate surface area is 158 Å². The van der Waals surface area contributed by atoms with E-state index in [-0.39, 0.29) is 15.2 Å². The molecule has 130 valence electrons. The maximum absolute atomic E-state index is 12.6. The van der Waals surface area contributed by atoms with Gasteiger partial charge in [0.25, 0.3) is 10.0 Å². The zero-order valence-corrected chi connectivity index (χ0v) is 15.9. The van der Waals surface area contributed by atoms with Gasteiger partial charge in [0.05, 0.1) is 5.69 Å². The lowest BCUT2D eigenvalue weighted by Crippen LogP contribution is -2.14. The highest BCUT2D eigenvalue weighted by molar-refractivity contribution is 7.99. The van der Waals surface area contributed by atoms with Gasteiger partial charge < -0.3 is 4.57 Å². The summed E-state index contributed by atoms with van der Waals surface area (Å²) < 4.78 is 29.5. The molecule has 2 aromatic heterocycles. The van der Waals surface area contributed by atoms with E-state index in [9.17, 15) is 8.42 Å². The number of sulfonamides is 1. The van der Waals surface area contributed by atoms with Crippen molar-refractivity contribution in [2.24, 2.45) is 7.05 Å². The quantitative estimate of drug-likeness (QED) is 0.641. The van der Waals surface area contributed by atoms with Gasteiger partial charge in [-0.05, 0) is 36.0 Å². The van der Waals surface area contributed by atoms with Gasteiger partial charge in [-0.3, -0.25) is 4.72 Å². The van der Waals surface area contributed by atoms with E-state index >= 15 is 0 Å². The Kier molecular flexibility index (Phi) is 5.19. The lowest BCUT2D eigenvalue weighted by molar-refractivity contribution is 0.601. The van der Waals surface area contributed by atoms with Crippen LogP contribution in [0.1, 0.15) is 0 Å². The lowest BCUT2D eigenvalue weighted by Gasteiger charge is -2.12. The van der Waals surface area contributed by atoms with Crippen LogP contribution in [0, 0.1) is 0 Å². The Balaban J connectivity index is 1.94. The zero-order chi connectivity index (χ0) is 18.0. The Morgan fingerprint density at radius 3 is 2.60 bits per heavy atom. The van der Waals surface area contributed by atoms with Crippen molar-refractivity contribution in [2.45, 2.75) is 14.9 Å². The highest BCUT2D eigenvalue weighted by atomic mass is 35.5. The molecule has 0 aliphatic carbocycles. The maximum atomic E-state index is 12.6. The number of nitrogens with one attached hydrogen (secondary N) is 1. The van der Waals surface area contributed by atoms with Gasteiger partial charge in [-0.1, -0.05) is 35.3 Å². The molecule has 0 aliphatic rings. The van der Waals surface area contributed by atoms with Crippen LogP contribution in [0.25, 0.3) is 0 Å². The highest BCUT2D eigenvalue weighted by Crippen LogP contribution is 2.33. The number of aryl methyl sites for hydroxylation is 1. The molecule has 0 radical (unpaired) electrons. The number of halogens is 2. The van der Waals surface area contributed by atoms with E-state index in [1.54, 1.807) is 42.2 Å². The Bertz CT molecular complexity index is 1020. The van der Waals surface area contributed by atoms with Crippen molar-refractivity contribution in [1.29, 1.82) is 0 Å². The van der Waals surface area contributed by atoms with Crippen LogP contribution in [0.4, 0.5) is 5.69 Å². The first-order valence-corrected chi connectivity index (χ1v) is 9.88. The molecule has 0 spiro atoms. The molecule has 0 fully saturated rings. The van der Waals surface area contributed by atoms with E-state index in [2.05, 4.69) is 19.9 Å². The molecule has 0 unspecified atom stereocenters. The van der Waals surface area contributed by atoms with Crippen LogP contribution in [0.3, 0.4) is 0 Å². The second kappa shape index (κ2) is 7.20. The first-order valence-electron chi connectivity index (χ1n) is 6.82. The summed E-state index contributed by atoms with van der Waals surface area (Å²) in [6.45, 7) is 0. The van der Waals surface area contributed by atoms with Gasteiger partial charge in [-0.15, -0.1) is 10.2 Å². The van der Waals surface area contributed by atoms with Gasteiger partial charge in [0.15, 0.2) is 10.3 Å². The summed E-state index contributed by atoms with van der Waals surface area (Å²) >= 11 is 12.9. The molecule has 0 saturated heterocycles. The fourth-order valence-corrected chi connectivity index (χ4v) is 4.56. The minimum absolute atomic E-state index is 0.113. The molecule has 11 heteroatoms. The van der Waals surface area contributed by atoms with Crippen LogP contribution in [-0.2, 0) is 17.1 Å². The average Bonchev–Trinajstić information content (AvgIpc) is 2.93. The standard InChI is InChI=1S/C14H11Cl2N5O2S2/c1-21-8-17-19-14(21)24-10-5-3-2-4-9(10)20-25(22,23)11-6-7-12(15)18-13(11)16/h2-8,20H,1H3. The molecule has 3 aromatic rings. The van der Waals surface area contributed by atoms with E-state index < -0.39 is 10.0 Å². The minimum atomic E-state index is -3.93. The van der Waals surface area contributed by atoms with Crippen LogP contribution < -0.4 is 4.72 Å². The molecule has 0 atom stereocenters. The number of pyridine rings is 1. The molecule has 1 N–H and O–H groups in total. The Morgan fingerprint density at radius 2 is 1.92 bits per heavy atom. The van der Waals surface area contributed by atoms with E-state index in [0.29, 0.717) is 15.7 Å². The minimum Gasteiger partial charge on any atom is -0.311 e. The summed E-state index contributed by atoms with van der Waals surface area (Å²) in [5, 5.41) is 8.33. The molecule has 25 heavy (non-hydrogen) atoms. The molecule has 0 saturated carbocycles. The largest absolute Gasteiger partial charge is 0.311 e. The number of aromatic nitrogens is 4. The van der Waals surface area contributed by atoms with Gasteiger partial charge in [-0.25, -0.2) is 13.4 Å². The van der Waals surface area contributed by atoms with E-state index in [4.69, 9.17) is 23.2 Å². The van der Waals surface area contributed by atoms with Gasteiger partial charge in [-0.2, -0.15) is 0 Å². The number of hydrogen-bond acceptors (Lipinski definition) is 6. The van der Waals surface area contributed by atoms with Crippen molar-refractivity contribution in [1.82, 2.24) is 19.7 Å². The number of hydrogen-bond donors (Lipinski definition) is 1. The summed E-state index contributed by atoms with van der Waals surface area (Å²) in [5.41, 5.74) is 0.390. The second-order valence-electron chi connectivity index (χ2n) is 4.85. The fraction of sp³-hybridized carbons (Fsp3) is 0.0714. The van der Waals surface area contributed by atoms with Crippen LogP contribution in [0.2, 0.25) is 10.3 Å². The molecule has 2 heterocycles. The number of para-hydroxylation sites is 1. The summed E-state index contributed by atoms with van der Waals surface area (Å²) in [7, 11) is -2.13. The predicted octanol–water partition coefficient (Wildman–Crippen LogP) is 3.47. The summed E-state index contributed by atoms with van der Waals surface area (Å²) in [4.78, 5) is 4.27. The molecular formula is C14H11Cl2N5O2S2. The van der Waals surface area contributed by atoms with Crippen molar-refractivity contribution >= 4 is 50.7 Å². The van der Waals surface area contributed by atoms with Gasteiger partial charge in [0.1, 0.15) is 16.4 Å². The van der Waals surface area contributed by atoms with Crippen molar-refractivity contribution in [3.8, 4) is 0 Å². The van der Waals surface area contributed by atoms with Crippen LogP contribution in [-0.4, -0.2) is 28.2 Å². The smallest absolute Gasteiger partial charge is 0.265 e. The van der Waals surface area contributed by atoms with Crippen LogP contribution >= 0.6 is 35.0 Å². The van der Waals surface area contributed by atoms with E-state index in [0.717, 1.165) is 0 Å². The zero-order valence-electron chi connectivity index (χ0n) is 12.7. The van der Waals surface area contributed by atoms with Crippen molar-refractivity contribution in [3.63, 3.8) is 0 Å². The van der Waals surface area contributed by atoms with Crippen molar-refractivity contribution in [2.75, 3.05) is 4.72 Å². The van der Waals surface area contributed by atoms with Crippen molar-refractivity contribution < 1.29 is 8.42 Å². The first-order chi connectivity index (χ1) is 11.9. The SMILES string of the molecule is Cn1cnnc1Sc1ccccc1NS(=O)(=O)c1ccc(Cl)nc1Cl. The highest BCUT2D eigenvalue weighted by Gasteiger charge is 2.21.